The highest BCUT2D eigenvalue weighted by molar-refractivity contribution is 5.94. The molecule has 6 nitrogen and oxygen atoms in total. The fourth-order valence-corrected chi connectivity index (χ4v) is 1.86. The average Bonchev–Trinajstić information content (AvgIpc) is 2.35. The zero-order valence-electron chi connectivity index (χ0n) is 12.3. The predicted octanol–water partition coefficient (Wildman–Crippen LogP) is 2.36. The van der Waals surface area contributed by atoms with Crippen molar-refractivity contribution in [2.75, 3.05) is 5.32 Å². The summed E-state index contributed by atoms with van der Waals surface area (Å²) in [6.45, 7) is 4.91. The molecule has 1 aromatic carbocycles. The number of nitrogens with one attached hydrogen (secondary N) is 1. The van der Waals surface area contributed by atoms with Crippen LogP contribution in [0.4, 0.5) is 5.69 Å². The van der Waals surface area contributed by atoms with Crippen molar-refractivity contribution in [3.63, 3.8) is 0 Å². The lowest BCUT2D eigenvalue weighted by Crippen LogP contribution is -2.21. The normalized spacial score (nSPS) is 11.6. The number of aryl methyl sites for hydroxylation is 1. The minimum atomic E-state index is -1.02. The van der Waals surface area contributed by atoms with Crippen molar-refractivity contribution in [3.8, 4) is 0 Å². The minimum absolute atomic E-state index is 0.230. The van der Waals surface area contributed by atoms with E-state index in [0.29, 0.717) is 12.1 Å². The second-order valence-corrected chi connectivity index (χ2v) is 4.80. The van der Waals surface area contributed by atoms with E-state index in [1.165, 1.54) is 13.0 Å². The first-order valence-electron chi connectivity index (χ1n) is 6.64. The number of hydrogen-bond acceptors (Lipinski definition) is 4. The van der Waals surface area contributed by atoms with Crippen LogP contribution < -0.4 is 5.32 Å². The Bertz CT molecular complexity index is 553. The number of esters is 1. The second kappa shape index (κ2) is 7.42. The van der Waals surface area contributed by atoms with E-state index < -0.39 is 18.0 Å². The van der Waals surface area contributed by atoms with Crippen molar-refractivity contribution in [3.05, 3.63) is 29.3 Å². The van der Waals surface area contributed by atoms with Crippen molar-refractivity contribution < 1.29 is 24.2 Å². The van der Waals surface area contributed by atoms with E-state index in [2.05, 4.69) is 5.32 Å². The lowest BCUT2D eigenvalue weighted by Gasteiger charge is -2.15. The lowest BCUT2D eigenvalue weighted by molar-refractivity contribution is -0.139. The van der Waals surface area contributed by atoms with E-state index in [4.69, 9.17) is 9.84 Å². The Labute approximate surface area is 123 Å². The van der Waals surface area contributed by atoms with Gasteiger partial charge in [-0.1, -0.05) is 6.92 Å². The highest BCUT2D eigenvalue weighted by Crippen LogP contribution is 2.17. The van der Waals surface area contributed by atoms with Gasteiger partial charge >= 0.3 is 11.9 Å². The van der Waals surface area contributed by atoms with Crippen molar-refractivity contribution in [2.45, 2.75) is 39.7 Å². The Morgan fingerprint density at radius 1 is 1.29 bits per heavy atom. The number of carboxylic acids is 1. The van der Waals surface area contributed by atoms with Crippen molar-refractivity contribution in [2.24, 2.45) is 0 Å². The molecule has 0 fully saturated rings. The third-order valence-electron chi connectivity index (χ3n) is 2.76. The molecule has 0 aliphatic heterocycles. The quantitative estimate of drug-likeness (QED) is 0.785. The molecule has 0 aromatic heterocycles. The van der Waals surface area contributed by atoms with Crippen LogP contribution in [0.3, 0.4) is 0 Å². The highest BCUT2D eigenvalue weighted by Gasteiger charge is 2.18. The first-order chi connectivity index (χ1) is 9.81. The summed E-state index contributed by atoms with van der Waals surface area (Å²) in [5, 5.41) is 11.3. The summed E-state index contributed by atoms with van der Waals surface area (Å²) in [5.74, 6) is -1.85. The summed E-state index contributed by atoms with van der Waals surface area (Å²) in [7, 11) is 0. The maximum atomic E-state index is 12.1. The monoisotopic (exact) mass is 293 g/mol. The average molecular weight is 293 g/mol. The van der Waals surface area contributed by atoms with Crippen LogP contribution in [-0.4, -0.2) is 29.1 Å². The fourth-order valence-electron chi connectivity index (χ4n) is 1.86. The Morgan fingerprint density at radius 3 is 2.48 bits per heavy atom. The molecule has 0 heterocycles. The molecule has 21 heavy (non-hydrogen) atoms. The molecule has 114 valence electrons. The van der Waals surface area contributed by atoms with Gasteiger partial charge in [-0.3, -0.25) is 9.59 Å². The number of ether oxygens (including phenoxy) is 1. The molecular weight excluding hydrogens is 274 g/mol. The summed E-state index contributed by atoms with van der Waals surface area (Å²) in [5.41, 5.74) is 1.57. The molecule has 0 aliphatic carbocycles. The van der Waals surface area contributed by atoms with Gasteiger partial charge in [0.15, 0.2) is 0 Å². The van der Waals surface area contributed by atoms with Crippen LogP contribution in [-0.2, 0) is 14.3 Å². The van der Waals surface area contributed by atoms with Gasteiger partial charge in [-0.25, -0.2) is 4.79 Å². The van der Waals surface area contributed by atoms with Gasteiger partial charge in [-0.05, 0) is 37.1 Å². The standard InChI is InChI=1S/C15H19NO5/c1-4-13(8-14(18)19)21-15(20)11-5-9(2)6-12(7-11)16-10(3)17/h5-7,13H,4,8H2,1-3H3,(H,16,17)(H,18,19). The van der Waals surface area contributed by atoms with Crippen LogP contribution >= 0.6 is 0 Å². The number of benzene rings is 1. The van der Waals surface area contributed by atoms with Crippen LogP contribution in [0.15, 0.2) is 18.2 Å². The van der Waals surface area contributed by atoms with Crippen molar-refractivity contribution >= 4 is 23.5 Å². The topological polar surface area (TPSA) is 92.7 Å². The summed E-state index contributed by atoms with van der Waals surface area (Å²) >= 11 is 0. The number of anilines is 1. The SMILES string of the molecule is CCC(CC(=O)O)OC(=O)c1cc(C)cc(NC(C)=O)c1. The number of carbonyl (C=O) groups excluding carboxylic acids is 2. The second-order valence-electron chi connectivity index (χ2n) is 4.80. The first-order valence-corrected chi connectivity index (χ1v) is 6.64. The Balaban J connectivity index is 2.88. The van der Waals surface area contributed by atoms with Crippen molar-refractivity contribution in [1.82, 2.24) is 0 Å². The molecule has 0 saturated carbocycles. The molecule has 1 aromatic rings. The molecule has 6 heteroatoms. The zero-order chi connectivity index (χ0) is 16.0. The lowest BCUT2D eigenvalue weighted by atomic mass is 10.1. The van der Waals surface area contributed by atoms with Crippen molar-refractivity contribution in [1.29, 1.82) is 0 Å². The van der Waals surface area contributed by atoms with E-state index in [1.54, 1.807) is 26.0 Å². The number of aliphatic carboxylic acids is 1. The van der Waals surface area contributed by atoms with Gasteiger partial charge in [0.05, 0.1) is 12.0 Å². The van der Waals surface area contributed by atoms with E-state index in [9.17, 15) is 14.4 Å². The molecule has 0 bridgehead atoms. The number of carboxylic acid groups (broad SMARTS) is 1. The van der Waals surface area contributed by atoms with Gasteiger partial charge < -0.3 is 15.2 Å². The molecule has 0 saturated heterocycles. The number of amides is 1. The molecule has 0 radical (unpaired) electrons. The number of carbonyl (C=O) groups is 3. The van der Waals surface area contributed by atoms with Gasteiger partial charge in [-0.15, -0.1) is 0 Å². The summed E-state index contributed by atoms with van der Waals surface area (Å²) in [6, 6.07) is 4.86. The largest absolute Gasteiger partial charge is 0.481 e. The molecular formula is C15H19NO5. The Morgan fingerprint density at radius 2 is 1.95 bits per heavy atom. The Kier molecular flexibility index (Phi) is 5.90. The molecule has 1 amide bonds. The third kappa shape index (κ3) is 5.64. The Hall–Kier alpha value is -2.37. The molecule has 1 atom stereocenters. The smallest absolute Gasteiger partial charge is 0.338 e. The fraction of sp³-hybridized carbons (Fsp3) is 0.400. The van der Waals surface area contributed by atoms with E-state index in [0.717, 1.165) is 5.56 Å². The summed E-state index contributed by atoms with van der Waals surface area (Å²) in [6.07, 6.45) is -0.477. The van der Waals surface area contributed by atoms with Crippen LogP contribution in [0.1, 0.15) is 42.6 Å². The van der Waals surface area contributed by atoms with Crippen LogP contribution in [0.2, 0.25) is 0 Å². The molecule has 1 unspecified atom stereocenters. The van der Waals surface area contributed by atoms with Gasteiger partial charge in [0.2, 0.25) is 5.91 Å². The predicted molar refractivity (Wildman–Crippen MR) is 77.2 cm³/mol. The third-order valence-corrected chi connectivity index (χ3v) is 2.76. The van der Waals surface area contributed by atoms with Crippen LogP contribution in [0.5, 0.6) is 0 Å². The van der Waals surface area contributed by atoms with Crippen LogP contribution in [0, 0.1) is 6.92 Å². The maximum Gasteiger partial charge on any atom is 0.338 e. The first kappa shape index (κ1) is 16.7. The highest BCUT2D eigenvalue weighted by atomic mass is 16.5. The van der Waals surface area contributed by atoms with E-state index in [1.807, 2.05) is 0 Å². The molecule has 0 spiro atoms. The minimum Gasteiger partial charge on any atom is -0.481 e. The van der Waals surface area contributed by atoms with Gasteiger partial charge in [-0.2, -0.15) is 0 Å². The van der Waals surface area contributed by atoms with Gasteiger partial charge in [0.25, 0.3) is 0 Å². The maximum absolute atomic E-state index is 12.1. The summed E-state index contributed by atoms with van der Waals surface area (Å²) in [4.78, 5) is 33.8. The number of rotatable bonds is 6. The van der Waals surface area contributed by atoms with Gasteiger partial charge in [0, 0.05) is 12.6 Å². The number of hydrogen-bond donors (Lipinski definition) is 2. The zero-order valence-corrected chi connectivity index (χ0v) is 12.3. The molecule has 0 aliphatic rings. The van der Waals surface area contributed by atoms with E-state index >= 15 is 0 Å². The van der Waals surface area contributed by atoms with Crippen LogP contribution in [0.25, 0.3) is 0 Å². The molecule has 1 rings (SSSR count). The molecule has 2 N–H and O–H groups in total. The summed E-state index contributed by atoms with van der Waals surface area (Å²) < 4.78 is 5.18. The van der Waals surface area contributed by atoms with Gasteiger partial charge in [0.1, 0.15) is 6.10 Å². The van der Waals surface area contributed by atoms with E-state index in [-0.39, 0.29) is 17.9 Å².